The fourth-order valence-electron chi connectivity index (χ4n) is 3.84. The van der Waals surface area contributed by atoms with Crippen LogP contribution in [-0.4, -0.2) is 16.8 Å². The molecule has 7 heteroatoms. The Bertz CT molecular complexity index is 1230. The molecule has 0 bridgehead atoms. The molecule has 4 rings (SSSR count). The van der Waals surface area contributed by atoms with Crippen LogP contribution in [0.4, 0.5) is 18.9 Å². The van der Waals surface area contributed by atoms with E-state index in [0.29, 0.717) is 11.1 Å². The first kappa shape index (κ1) is 21.4. The Morgan fingerprint density at radius 2 is 1.59 bits per heavy atom. The summed E-state index contributed by atoms with van der Waals surface area (Å²) >= 11 is 0. The van der Waals surface area contributed by atoms with Crippen LogP contribution in [0.3, 0.4) is 0 Å². The summed E-state index contributed by atoms with van der Waals surface area (Å²) in [5, 5.41) is 11.0. The van der Waals surface area contributed by atoms with Crippen LogP contribution in [0.5, 0.6) is 0 Å². The highest BCUT2D eigenvalue weighted by Crippen LogP contribution is 2.43. The number of alkyl halides is 3. The lowest BCUT2D eigenvalue weighted by atomic mass is 9.94. The molecule has 32 heavy (non-hydrogen) atoms. The second-order valence-electron chi connectivity index (χ2n) is 7.50. The number of aryl methyl sites for hydroxylation is 1. The number of nitrogens with zero attached hydrogens (tertiary/aromatic N) is 1. The van der Waals surface area contributed by atoms with Crippen LogP contribution in [0.15, 0.2) is 84.4 Å². The molecule has 162 valence electrons. The van der Waals surface area contributed by atoms with Crippen molar-refractivity contribution in [1.82, 2.24) is 0 Å². The highest BCUT2D eigenvalue weighted by molar-refractivity contribution is 6.51. The van der Waals surface area contributed by atoms with Gasteiger partial charge in [0, 0.05) is 11.3 Å². The van der Waals surface area contributed by atoms with Crippen LogP contribution in [-0.2, 0) is 15.8 Å². The van der Waals surface area contributed by atoms with Crippen LogP contribution in [0.1, 0.15) is 28.3 Å². The molecule has 1 unspecified atom stereocenters. The molecule has 1 atom stereocenters. The number of halogens is 3. The van der Waals surface area contributed by atoms with Gasteiger partial charge in [-0.05, 0) is 30.7 Å². The lowest BCUT2D eigenvalue weighted by Gasteiger charge is -2.26. The molecule has 1 N–H and O–H groups in total. The van der Waals surface area contributed by atoms with Crippen LogP contribution >= 0.6 is 0 Å². The van der Waals surface area contributed by atoms with E-state index in [9.17, 15) is 27.9 Å². The van der Waals surface area contributed by atoms with E-state index < -0.39 is 29.5 Å². The zero-order valence-corrected chi connectivity index (χ0v) is 16.9. The summed E-state index contributed by atoms with van der Waals surface area (Å²) in [7, 11) is 0. The Kier molecular flexibility index (Phi) is 5.34. The average molecular weight is 437 g/mol. The number of benzene rings is 3. The number of rotatable bonds is 3. The normalized spacial score (nSPS) is 18.2. The summed E-state index contributed by atoms with van der Waals surface area (Å²) in [4.78, 5) is 27.1. The second-order valence-corrected chi connectivity index (χ2v) is 7.50. The molecule has 0 aliphatic carbocycles. The highest BCUT2D eigenvalue weighted by Gasteiger charge is 2.47. The van der Waals surface area contributed by atoms with E-state index in [-0.39, 0.29) is 17.0 Å². The van der Waals surface area contributed by atoms with Crippen molar-refractivity contribution in [3.8, 4) is 0 Å². The Morgan fingerprint density at radius 3 is 2.25 bits per heavy atom. The minimum absolute atomic E-state index is 0.0828. The van der Waals surface area contributed by atoms with Gasteiger partial charge in [0.1, 0.15) is 5.76 Å². The minimum Gasteiger partial charge on any atom is -0.507 e. The van der Waals surface area contributed by atoms with E-state index in [1.807, 2.05) is 13.0 Å². The first-order valence-electron chi connectivity index (χ1n) is 9.78. The molecule has 1 aliphatic rings. The molecule has 0 radical (unpaired) electrons. The van der Waals surface area contributed by atoms with Gasteiger partial charge in [-0.2, -0.15) is 13.2 Å². The molecule has 1 heterocycles. The fourth-order valence-corrected chi connectivity index (χ4v) is 3.84. The Hall–Kier alpha value is -3.87. The third kappa shape index (κ3) is 3.77. The van der Waals surface area contributed by atoms with Crippen molar-refractivity contribution in [2.45, 2.75) is 19.1 Å². The number of aliphatic hydroxyl groups excluding tert-OH is 1. The van der Waals surface area contributed by atoms with E-state index in [1.54, 1.807) is 48.5 Å². The van der Waals surface area contributed by atoms with Crippen LogP contribution in [0.2, 0.25) is 0 Å². The Balaban J connectivity index is 1.96. The van der Waals surface area contributed by atoms with Gasteiger partial charge in [0.2, 0.25) is 0 Å². The third-order valence-corrected chi connectivity index (χ3v) is 5.30. The topological polar surface area (TPSA) is 57.6 Å². The Labute approximate surface area is 182 Å². The quantitative estimate of drug-likeness (QED) is 0.328. The molecular weight excluding hydrogens is 419 g/mol. The summed E-state index contributed by atoms with van der Waals surface area (Å²) in [5.41, 5.74) is 0.454. The summed E-state index contributed by atoms with van der Waals surface area (Å²) in [6, 6.07) is 18.3. The molecule has 1 amide bonds. The van der Waals surface area contributed by atoms with Crippen molar-refractivity contribution in [3.05, 3.63) is 107 Å². The molecule has 1 saturated heterocycles. The van der Waals surface area contributed by atoms with Crippen molar-refractivity contribution in [1.29, 1.82) is 0 Å². The van der Waals surface area contributed by atoms with Gasteiger partial charge in [-0.15, -0.1) is 0 Å². The molecular formula is C25H18F3NO3. The van der Waals surface area contributed by atoms with Crippen molar-refractivity contribution in [2.24, 2.45) is 0 Å². The number of anilines is 1. The molecule has 0 spiro atoms. The maximum absolute atomic E-state index is 13.3. The molecule has 0 saturated carbocycles. The van der Waals surface area contributed by atoms with Crippen molar-refractivity contribution in [2.75, 3.05) is 4.90 Å². The highest BCUT2D eigenvalue weighted by atomic mass is 19.4. The van der Waals surface area contributed by atoms with E-state index in [0.717, 1.165) is 22.6 Å². The number of carbonyl (C=O) groups excluding carboxylic acids is 2. The van der Waals surface area contributed by atoms with Crippen LogP contribution in [0, 0.1) is 6.92 Å². The van der Waals surface area contributed by atoms with Gasteiger partial charge in [0.15, 0.2) is 0 Å². The number of aliphatic hydroxyl groups is 1. The van der Waals surface area contributed by atoms with Gasteiger partial charge >= 0.3 is 6.18 Å². The monoisotopic (exact) mass is 437 g/mol. The largest absolute Gasteiger partial charge is 0.507 e. The lowest BCUT2D eigenvalue weighted by molar-refractivity contribution is -0.137. The van der Waals surface area contributed by atoms with E-state index in [2.05, 4.69) is 0 Å². The van der Waals surface area contributed by atoms with Crippen molar-refractivity contribution < 1.29 is 27.9 Å². The van der Waals surface area contributed by atoms with Gasteiger partial charge in [0.05, 0.1) is 17.2 Å². The fraction of sp³-hybridized carbons (Fsp3) is 0.120. The molecule has 1 aliphatic heterocycles. The zero-order chi connectivity index (χ0) is 23.0. The smallest absolute Gasteiger partial charge is 0.416 e. The first-order chi connectivity index (χ1) is 15.2. The standard InChI is InChI=1S/C25H18F3NO3/c1-15-7-5-10-17(13-15)21-20(22(30)16-8-3-2-4-9-16)23(31)24(32)29(21)19-12-6-11-18(14-19)25(26,27)28/h2-14,21,30H,1H3/b22-20+. The number of ketones is 1. The molecule has 3 aromatic carbocycles. The summed E-state index contributed by atoms with van der Waals surface area (Å²) in [6.45, 7) is 1.82. The lowest BCUT2D eigenvalue weighted by Crippen LogP contribution is -2.29. The minimum atomic E-state index is -4.62. The van der Waals surface area contributed by atoms with Gasteiger partial charge < -0.3 is 5.11 Å². The maximum Gasteiger partial charge on any atom is 0.416 e. The number of carbonyl (C=O) groups is 2. The predicted octanol–water partition coefficient (Wildman–Crippen LogP) is 5.64. The maximum atomic E-state index is 13.3. The molecule has 4 nitrogen and oxygen atoms in total. The van der Waals surface area contributed by atoms with E-state index in [4.69, 9.17) is 0 Å². The summed E-state index contributed by atoms with van der Waals surface area (Å²) < 4.78 is 39.9. The van der Waals surface area contributed by atoms with Gasteiger partial charge in [-0.1, -0.05) is 66.2 Å². The van der Waals surface area contributed by atoms with Crippen molar-refractivity contribution >= 4 is 23.1 Å². The first-order valence-corrected chi connectivity index (χ1v) is 9.78. The summed E-state index contributed by atoms with van der Waals surface area (Å²) in [6.07, 6.45) is -4.62. The molecule has 3 aromatic rings. The van der Waals surface area contributed by atoms with Gasteiger partial charge in [-0.25, -0.2) is 0 Å². The average Bonchev–Trinajstić information content (AvgIpc) is 3.04. The Morgan fingerprint density at radius 1 is 0.906 bits per heavy atom. The van der Waals surface area contributed by atoms with Gasteiger partial charge in [-0.3, -0.25) is 14.5 Å². The van der Waals surface area contributed by atoms with Crippen LogP contribution in [0.25, 0.3) is 5.76 Å². The molecule has 0 aromatic heterocycles. The van der Waals surface area contributed by atoms with Crippen LogP contribution < -0.4 is 4.90 Å². The number of hydrogen-bond acceptors (Lipinski definition) is 3. The number of hydrogen-bond donors (Lipinski definition) is 1. The number of amides is 1. The van der Waals surface area contributed by atoms with E-state index in [1.165, 1.54) is 12.1 Å². The predicted molar refractivity (Wildman–Crippen MR) is 114 cm³/mol. The van der Waals surface area contributed by atoms with E-state index >= 15 is 0 Å². The number of Topliss-reactive ketones (excluding diaryl/α,β-unsaturated/α-hetero) is 1. The van der Waals surface area contributed by atoms with Gasteiger partial charge in [0.25, 0.3) is 11.7 Å². The summed E-state index contributed by atoms with van der Waals surface area (Å²) in [5.74, 6) is -2.35. The second kappa shape index (κ2) is 8.00. The van der Waals surface area contributed by atoms with Crippen molar-refractivity contribution in [3.63, 3.8) is 0 Å². The zero-order valence-electron chi connectivity index (χ0n) is 16.9. The SMILES string of the molecule is Cc1cccc(C2/C(=C(\O)c3ccccc3)C(=O)C(=O)N2c2cccc(C(F)(F)F)c2)c1. The molecule has 1 fully saturated rings. The third-order valence-electron chi connectivity index (χ3n) is 5.30.